The normalized spacial score (nSPS) is 11.0. The number of phenolic OH excluding ortho intramolecular Hbond substituents is 1. The molecule has 0 aliphatic carbocycles. The number of rotatable bonds is 5. The highest BCUT2D eigenvalue weighted by Gasteiger charge is 2.13. The molecule has 0 fully saturated rings. The van der Waals surface area contributed by atoms with Crippen LogP contribution < -0.4 is 10.6 Å². The number of sulfone groups is 1. The van der Waals surface area contributed by atoms with Crippen LogP contribution in [0.1, 0.15) is 13.3 Å². The number of benzene rings is 2. The molecule has 2 aromatic rings. The van der Waals surface area contributed by atoms with Crippen LogP contribution in [0.5, 0.6) is 5.75 Å². The molecule has 2 aromatic carbocycles. The average molecular weight is 334 g/mol. The minimum atomic E-state index is -3.27. The van der Waals surface area contributed by atoms with E-state index in [2.05, 4.69) is 10.6 Å². The van der Waals surface area contributed by atoms with Gasteiger partial charge < -0.3 is 15.7 Å². The van der Waals surface area contributed by atoms with Gasteiger partial charge in [0, 0.05) is 5.69 Å². The zero-order chi connectivity index (χ0) is 16.9. The van der Waals surface area contributed by atoms with Gasteiger partial charge in [-0.05, 0) is 42.8 Å². The lowest BCUT2D eigenvalue weighted by Gasteiger charge is -2.09. The number of hydrogen-bond donors (Lipinski definition) is 3. The number of hydrogen-bond acceptors (Lipinski definition) is 4. The molecular weight excluding hydrogens is 316 g/mol. The van der Waals surface area contributed by atoms with Crippen molar-refractivity contribution in [3.63, 3.8) is 0 Å². The molecule has 0 unspecified atom stereocenters. The van der Waals surface area contributed by atoms with Gasteiger partial charge in [0.2, 0.25) is 0 Å². The zero-order valence-corrected chi connectivity index (χ0v) is 13.4. The van der Waals surface area contributed by atoms with Gasteiger partial charge >= 0.3 is 6.03 Å². The highest BCUT2D eigenvalue weighted by molar-refractivity contribution is 7.91. The molecule has 0 atom stereocenters. The number of anilines is 2. The van der Waals surface area contributed by atoms with E-state index < -0.39 is 15.9 Å². The van der Waals surface area contributed by atoms with Crippen molar-refractivity contribution in [2.75, 3.05) is 16.4 Å². The largest absolute Gasteiger partial charge is 0.506 e. The van der Waals surface area contributed by atoms with Crippen LogP contribution in [0.3, 0.4) is 0 Å². The van der Waals surface area contributed by atoms with Crippen LogP contribution in [0.2, 0.25) is 0 Å². The van der Waals surface area contributed by atoms with Gasteiger partial charge in [-0.15, -0.1) is 0 Å². The summed E-state index contributed by atoms with van der Waals surface area (Å²) >= 11 is 0. The van der Waals surface area contributed by atoms with Gasteiger partial charge in [0.15, 0.2) is 9.84 Å². The summed E-state index contributed by atoms with van der Waals surface area (Å²) in [6.45, 7) is 1.80. The molecule has 2 amide bonds. The maximum atomic E-state index is 11.9. The molecule has 0 aliphatic heterocycles. The Hall–Kier alpha value is -2.54. The molecule has 0 saturated carbocycles. The molecule has 3 N–H and O–H groups in total. The number of phenols is 1. The van der Waals surface area contributed by atoms with Crippen LogP contribution in [-0.4, -0.2) is 25.3 Å². The molecule has 6 nitrogen and oxygen atoms in total. The Kier molecular flexibility index (Phi) is 5.23. The third-order valence-corrected chi connectivity index (χ3v) is 5.03. The maximum Gasteiger partial charge on any atom is 0.323 e. The quantitative estimate of drug-likeness (QED) is 0.732. The Morgan fingerprint density at radius 2 is 1.70 bits per heavy atom. The lowest BCUT2D eigenvalue weighted by molar-refractivity contribution is 0.262. The van der Waals surface area contributed by atoms with Crippen molar-refractivity contribution in [3.05, 3.63) is 48.5 Å². The van der Waals surface area contributed by atoms with Crippen molar-refractivity contribution in [1.82, 2.24) is 0 Å². The van der Waals surface area contributed by atoms with E-state index in [4.69, 9.17) is 0 Å². The minimum absolute atomic E-state index is 0.0383. The third kappa shape index (κ3) is 4.46. The van der Waals surface area contributed by atoms with Crippen LogP contribution in [0, 0.1) is 0 Å². The Labute approximate surface area is 135 Å². The standard InChI is InChI=1S/C16H18N2O4S/c1-2-11-23(21,22)13-9-7-12(8-10-13)17-16(20)18-14-5-3-4-6-15(14)19/h3-10,19H,2,11H2,1H3,(H2,17,18,20). The average Bonchev–Trinajstić information content (AvgIpc) is 2.50. The molecule has 0 heterocycles. The summed E-state index contributed by atoms with van der Waals surface area (Å²) in [5.41, 5.74) is 0.737. The second-order valence-electron chi connectivity index (χ2n) is 4.94. The van der Waals surface area contributed by atoms with Gasteiger partial charge in [-0.3, -0.25) is 0 Å². The van der Waals surface area contributed by atoms with Crippen molar-refractivity contribution < 1.29 is 18.3 Å². The van der Waals surface area contributed by atoms with E-state index in [0.717, 1.165) is 0 Å². The van der Waals surface area contributed by atoms with Crippen LogP contribution in [-0.2, 0) is 9.84 Å². The number of carbonyl (C=O) groups is 1. The van der Waals surface area contributed by atoms with Crippen molar-refractivity contribution >= 4 is 27.2 Å². The Morgan fingerprint density at radius 1 is 1.04 bits per heavy atom. The molecule has 0 saturated heterocycles. The maximum absolute atomic E-state index is 11.9. The van der Waals surface area contributed by atoms with Crippen molar-refractivity contribution in [2.24, 2.45) is 0 Å². The topological polar surface area (TPSA) is 95.5 Å². The van der Waals surface area contributed by atoms with E-state index in [1.807, 2.05) is 0 Å². The Morgan fingerprint density at radius 3 is 2.30 bits per heavy atom. The fourth-order valence-corrected chi connectivity index (χ4v) is 3.32. The van der Waals surface area contributed by atoms with Crippen molar-refractivity contribution in [3.8, 4) is 5.75 Å². The molecule has 23 heavy (non-hydrogen) atoms. The SMILES string of the molecule is CCCS(=O)(=O)c1ccc(NC(=O)Nc2ccccc2O)cc1. The van der Waals surface area contributed by atoms with Crippen LogP contribution in [0.15, 0.2) is 53.4 Å². The molecule has 2 rings (SSSR count). The summed E-state index contributed by atoms with van der Waals surface area (Å²) in [6, 6.07) is 11.8. The molecule has 0 aliphatic rings. The van der Waals surface area contributed by atoms with Crippen LogP contribution >= 0.6 is 0 Å². The predicted molar refractivity (Wildman–Crippen MR) is 89.5 cm³/mol. The number of aromatic hydroxyl groups is 1. The molecular formula is C16H18N2O4S. The van der Waals surface area contributed by atoms with Crippen molar-refractivity contribution in [1.29, 1.82) is 0 Å². The smallest absolute Gasteiger partial charge is 0.323 e. The van der Waals surface area contributed by atoms with E-state index in [1.165, 1.54) is 30.3 Å². The fourth-order valence-electron chi connectivity index (χ4n) is 2.00. The van der Waals surface area contributed by atoms with E-state index in [9.17, 15) is 18.3 Å². The number of carbonyl (C=O) groups excluding carboxylic acids is 1. The number of nitrogens with one attached hydrogen (secondary N) is 2. The summed E-state index contributed by atoms with van der Waals surface area (Å²) in [5, 5.41) is 14.7. The molecule has 0 spiro atoms. The molecule has 0 bridgehead atoms. The Bertz CT molecular complexity index is 786. The summed E-state index contributed by atoms with van der Waals surface area (Å²) in [6.07, 6.45) is 0.547. The second-order valence-corrected chi connectivity index (χ2v) is 7.05. The summed E-state index contributed by atoms with van der Waals surface area (Å²) in [7, 11) is -3.27. The first-order valence-electron chi connectivity index (χ1n) is 7.11. The number of para-hydroxylation sites is 2. The highest BCUT2D eigenvalue weighted by atomic mass is 32.2. The molecule has 7 heteroatoms. The van der Waals surface area contributed by atoms with E-state index in [1.54, 1.807) is 25.1 Å². The molecule has 0 aromatic heterocycles. The van der Waals surface area contributed by atoms with Gasteiger partial charge in [0.25, 0.3) is 0 Å². The molecule has 122 valence electrons. The second kappa shape index (κ2) is 7.15. The monoisotopic (exact) mass is 334 g/mol. The first kappa shape index (κ1) is 16.8. The van der Waals surface area contributed by atoms with Crippen molar-refractivity contribution in [2.45, 2.75) is 18.2 Å². The first-order valence-corrected chi connectivity index (χ1v) is 8.76. The van der Waals surface area contributed by atoms with Gasteiger partial charge in [-0.25, -0.2) is 13.2 Å². The van der Waals surface area contributed by atoms with Crippen LogP contribution in [0.4, 0.5) is 16.2 Å². The summed E-state index contributed by atoms with van der Waals surface area (Å²) in [4.78, 5) is 12.1. The van der Waals surface area contributed by atoms with Gasteiger partial charge in [-0.1, -0.05) is 19.1 Å². The van der Waals surface area contributed by atoms with Gasteiger partial charge in [-0.2, -0.15) is 0 Å². The van der Waals surface area contributed by atoms with Crippen LogP contribution in [0.25, 0.3) is 0 Å². The predicted octanol–water partition coefficient (Wildman–Crippen LogP) is 3.22. The lowest BCUT2D eigenvalue weighted by atomic mass is 10.3. The zero-order valence-electron chi connectivity index (χ0n) is 12.6. The molecule has 0 radical (unpaired) electrons. The third-order valence-electron chi connectivity index (χ3n) is 3.10. The lowest BCUT2D eigenvalue weighted by Crippen LogP contribution is -2.19. The summed E-state index contributed by atoms with van der Waals surface area (Å²) < 4.78 is 23.8. The van der Waals surface area contributed by atoms with Gasteiger partial charge in [0.1, 0.15) is 5.75 Å². The number of urea groups is 1. The summed E-state index contributed by atoms with van der Waals surface area (Å²) in [5.74, 6) is 0.0525. The van der Waals surface area contributed by atoms with Gasteiger partial charge in [0.05, 0.1) is 16.3 Å². The fraction of sp³-hybridized carbons (Fsp3) is 0.188. The first-order chi connectivity index (χ1) is 10.9. The number of amides is 2. The van der Waals surface area contributed by atoms with E-state index >= 15 is 0 Å². The highest BCUT2D eigenvalue weighted by Crippen LogP contribution is 2.22. The van der Waals surface area contributed by atoms with E-state index in [0.29, 0.717) is 12.1 Å². The minimum Gasteiger partial charge on any atom is -0.506 e. The Balaban J connectivity index is 2.04. The van der Waals surface area contributed by atoms with E-state index in [-0.39, 0.29) is 22.1 Å².